The zero-order chi connectivity index (χ0) is 15.1. The van der Waals surface area contributed by atoms with Crippen molar-refractivity contribution in [2.45, 2.75) is 38.8 Å². The molecule has 21 heavy (non-hydrogen) atoms. The number of hydrogen-bond donors (Lipinski definition) is 3. The molecule has 0 fully saturated rings. The van der Waals surface area contributed by atoms with Crippen molar-refractivity contribution in [3.63, 3.8) is 0 Å². The third-order valence-corrected chi connectivity index (χ3v) is 3.54. The van der Waals surface area contributed by atoms with E-state index in [-0.39, 0.29) is 18.3 Å². The quantitative estimate of drug-likeness (QED) is 0.680. The van der Waals surface area contributed by atoms with Gasteiger partial charge < -0.3 is 10.4 Å². The van der Waals surface area contributed by atoms with E-state index in [1.165, 1.54) is 0 Å². The SMILES string of the molecule is CCCC(NC(C)C(=O)Nc1ccccc1Br)C(=O)O.Cl. The second-order valence-electron chi connectivity index (χ2n) is 4.54. The van der Waals surface area contributed by atoms with E-state index in [9.17, 15) is 9.59 Å². The second-order valence-corrected chi connectivity index (χ2v) is 5.39. The summed E-state index contributed by atoms with van der Waals surface area (Å²) in [4.78, 5) is 23.1. The van der Waals surface area contributed by atoms with Crippen LogP contribution in [0.15, 0.2) is 28.7 Å². The number of carboxylic acid groups (broad SMARTS) is 1. The molecule has 0 saturated heterocycles. The number of para-hydroxylation sites is 1. The van der Waals surface area contributed by atoms with Crippen molar-refractivity contribution in [3.8, 4) is 0 Å². The first-order valence-corrected chi connectivity index (χ1v) is 7.29. The summed E-state index contributed by atoms with van der Waals surface area (Å²) in [6, 6.07) is 5.97. The third-order valence-electron chi connectivity index (χ3n) is 2.85. The molecule has 1 aromatic carbocycles. The van der Waals surface area contributed by atoms with Crippen LogP contribution in [0.2, 0.25) is 0 Å². The van der Waals surface area contributed by atoms with E-state index < -0.39 is 18.1 Å². The van der Waals surface area contributed by atoms with Gasteiger partial charge in [-0.2, -0.15) is 0 Å². The molecule has 0 aliphatic heterocycles. The van der Waals surface area contributed by atoms with Gasteiger partial charge in [-0.15, -0.1) is 12.4 Å². The highest BCUT2D eigenvalue weighted by molar-refractivity contribution is 9.10. The van der Waals surface area contributed by atoms with E-state index in [0.717, 1.165) is 10.9 Å². The molecule has 0 bridgehead atoms. The van der Waals surface area contributed by atoms with Crippen LogP contribution in [0, 0.1) is 0 Å². The van der Waals surface area contributed by atoms with Crippen molar-refractivity contribution < 1.29 is 14.7 Å². The summed E-state index contributed by atoms with van der Waals surface area (Å²) in [6.07, 6.45) is 1.23. The highest BCUT2D eigenvalue weighted by Gasteiger charge is 2.22. The Hall–Kier alpha value is -1.11. The van der Waals surface area contributed by atoms with Crippen molar-refractivity contribution in [3.05, 3.63) is 28.7 Å². The van der Waals surface area contributed by atoms with Crippen molar-refractivity contribution in [1.29, 1.82) is 0 Å². The van der Waals surface area contributed by atoms with E-state index in [2.05, 4.69) is 26.6 Å². The summed E-state index contributed by atoms with van der Waals surface area (Å²) in [6.45, 7) is 3.56. The molecule has 1 aromatic rings. The molecule has 0 aliphatic carbocycles. The lowest BCUT2D eigenvalue weighted by molar-refractivity contribution is -0.140. The van der Waals surface area contributed by atoms with Gasteiger partial charge in [0.2, 0.25) is 5.91 Å². The van der Waals surface area contributed by atoms with E-state index >= 15 is 0 Å². The lowest BCUT2D eigenvalue weighted by Gasteiger charge is -2.19. The van der Waals surface area contributed by atoms with Gasteiger partial charge in [-0.3, -0.25) is 14.9 Å². The van der Waals surface area contributed by atoms with Gasteiger partial charge in [0, 0.05) is 4.47 Å². The minimum absolute atomic E-state index is 0. The zero-order valence-corrected chi connectivity index (χ0v) is 14.3. The first-order chi connectivity index (χ1) is 9.45. The van der Waals surface area contributed by atoms with E-state index in [1.807, 2.05) is 25.1 Å². The van der Waals surface area contributed by atoms with Gasteiger partial charge in [0.05, 0.1) is 11.7 Å². The molecule has 0 heterocycles. The molecule has 3 N–H and O–H groups in total. The normalized spacial score (nSPS) is 12.9. The summed E-state index contributed by atoms with van der Waals surface area (Å²) in [7, 11) is 0. The molecule has 118 valence electrons. The molecular formula is C14H20BrClN2O3. The number of carbonyl (C=O) groups is 2. The van der Waals surface area contributed by atoms with Crippen molar-refractivity contribution in [2.75, 3.05) is 5.32 Å². The maximum atomic E-state index is 12.0. The number of carboxylic acids is 1. The Morgan fingerprint density at radius 2 is 1.95 bits per heavy atom. The minimum Gasteiger partial charge on any atom is -0.480 e. The van der Waals surface area contributed by atoms with E-state index in [1.54, 1.807) is 13.0 Å². The Morgan fingerprint density at radius 1 is 1.33 bits per heavy atom. The maximum Gasteiger partial charge on any atom is 0.320 e. The van der Waals surface area contributed by atoms with Crippen LogP contribution in [-0.2, 0) is 9.59 Å². The molecule has 0 saturated carbocycles. The fraction of sp³-hybridized carbons (Fsp3) is 0.429. The van der Waals surface area contributed by atoms with Crippen molar-refractivity contribution in [2.24, 2.45) is 0 Å². The van der Waals surface area contributed by atoms with Gasteiger partial charge in [0.25, 0.3) is 0 Å². The predicted octanol–water partition coefficient (Wildman–Crippen LogP) is 3.04. The number of amides is 1. The van der Waals surface area contributed by atoms with Crippen LogP contribution in [-0.4, -0.2) is 29.1 Å². The molecule has 0 aliphatic rings. The van der Waals surface area contributed by atoms with Crippen LogP contribution >= 0.6 is 28.3 Å². The number of anilines is 1. The smallest absolute Gasteiger partial charge is 0.320 e. The van der Waals surface area contributed by atoms with Gasteiger partial charge in [-0.1, -0.05) is 25.5 Å². The van der Waals surface area contributed by atoms with Gasteiger partial charge in [-0.25, -0.2) is 0 Å². The summed E-state index contributed by atoms with van der Waals surface area (Å²) in [5, 5.41) is 14.7. The first-order valence-electron chi connectivity index (χ1n) is 6.50. The Labute approximate surface area is 139 Å². The Bertz CT molecular complexity index is 485. The monoisotopic (exact) mass is 378 g/mol. The fourth-order valence-corrected chi connectivity index (χ4v) is 2.13. The van der Waals surface area contributed by atoms with Gasteiger partial charge in [0.1, 0.15) is 6.04 Å². The topological polar surface area (TPSA) is 78.4 Å². The average molecular weight is 380 g/mol. The zero-order valence-electron chi connectivity index (χ0n) is 11.9. The lowest BCUT2D eigenvalue weighted by atomic mass is 10.1. The number of rotatable bonds is 7. The van der Waals surface area contributed by atoms with E-state index in [0.29, 0.717) is 12.1 Å². The molecule has 5 nitrogen and oxygen atoms in total. The van der Waals surface area contributed by atoms with Gasteiger partial charge >= 0.3 is 5.97 Å². The average Bonchev–Trinajstić information content (AvgIpc) is 2.40. The first kappa shape index (κ1) is 19.9. The van der Waals surface area contributed by atoms with Crippen molar-refractivity contribution >= 4 is 45.9 Å². The summed E-state index contributed by atoms with van der Waals surface area (Å²) in [5.74, 6) is -1.20. The minimum atomic E-state index is -0.938. The van der Waals surface area contributed by atoms with Crippen LogP contribution in [0.4, 0.5) is 5.69 Å². The summed E-state index contributed by atoms with van der Waals surface area (Å²) < 4.78 is 0.781. The number of hydrogen-bond acceptors (Lipinski definition) is 3. The Balaban J connectivity index is 0.00000400. The number of benzene rings is 1. The molecule has 0 spiro atoms. The van der Waals surface area contributed by atoms with Crippen LogP contribution in [0.1, 0.15) is 26.7 Å². The van der Waals surface area contributed by atoms with E-state index in [4.69, 9.17) is 5.11 Å². The van der Waals surface area contributed by atoms with Gasteiger partial charge in [0.15, 0.2) is 0 Å². The van der Waals surface area contributed by atoms with Crippen LogP contribution in [0.25, 0.3) is 0 Å². The second kappa shape index (κ2) is 9.76. The molecule has 1 rings (SSSR count). The number of nitrogens with one attached hydrogen (secondary N) is 2. The number of halogens is 2. The summed E-state index contributed by atoms with van der Waals surface area (Å²) >= 11 is 3.34. The molecule has 0 radical (unpaired) electrons. The molecule has 2 atom stereocenters. The highest BCUT2D eigenvalue weighted by atomic mass is 79.9. The van der Waals surface area contributed by atoms with Crippen molar-refractivity contribution in [1.82, 2.24) is 5.32 Å². The van der Waals surface area contributed by atoms with Crippen LogP contribution < -0.4 is 10.6 Å². The number of aliphatic carboxylic acids is 1. The lowest BCUT2D eigenvalue weighted by Crippen LogP contribution is -2.47. The predicted molar refractivity (Wildman–Crippen MR) is 88.9 cm³/mol. The standard InChI is InChI=1S/C14H19BrN2O3.ClH/c1-3-6-12(14(19)20)16-9(2)13(18)17-11-8-5-4-7-10(11)15;/h4-5,7-9,12,16H,3,6H2,1-2H3,(H,17,18)(H,19,20);1H. The molecule has 0 aromatic heterocycles. The molecule has 2 unspecified atom stereocenters. The fourth-order valence-electron chi connectivity index (χ4n) is 1.75. The number of carbonyl (C=O) groups excluding carboxylic acids is 1. The maximum absolute atomic E-state index is 12.0. The highest BCUT2D eigenvalue weighted by Crippen LogP contribution is 2.21. The molecular weight excluding hydrogens is 360 g/mol. The molecule has 7 heteroatoms. The third kappa shape index (κ3) is 6.46. The molecule has 1 amide bonds. The van der Waals surface area contributed by atoms with Gasteiger partial charge in [-0.05, 0) is 41.4 Å². The van der Waals surface area contributed by atoms with Crippen LogP contribution in [0.5, 0.6) is 0 Å². The van der Waals surface area contributed by atoms with Crippen LogP contribution in [0.3, 0.4) is 0 Å². The largest absolute Gasteiger partial charge is 0.480 e. The summed E-state index contributed by atoms with van der Waals surface area (Å²) in [5.41, 5.74) is 0.661. The Kier molecular flexibility index (Phi) is 9.24. The Morgan fingerprint density at radius 3 is 2.48 bits per heavy atom.